The maximum Gasteiger partial charge on any atom is 0.339 e. The molecule has 2 aromatic rings. The molecule has 120 valence electrons. The summed E-state index contributed by atoms with van der Waals surface area (Å²) in [5.41, 5.74) is 6.86. The minimum absolute atomic E-state index is 0.192. The summed E-state index contributed by atoms with van der Waals surface area (Å²) in [6.07, 6.45) is 0. The molecule has 0 saturated heterocycles. The van der Waals surface area contributed by atoms with Gasteiger partial charge in [-0.15, -0.1) is 11.8 Å². The molecule has 2 aromatic carbocycles. The van der Waals surface area contributed by atoms with E-state index in [4.69, 9.17) is 17.3 Å². The van der Waals surface area contributed by atoms with Gasteiger partial charge in [0.05, 0.1) is 24.1 Å². The van der Waals surface area contributed by atoms with Gasteiger partial charge >= 0.3 is 5.97 Å². The lowest BCUT2D eigenvalue weighted by Gasteiger charge is -2.10. The fraction of sp³-hybridized carbons (Fsp3) is 0.125. The van der Waals surface area contributed by atoms with Gasteiger partial charge in [0.15, 0.2) is 0 Å². The van der Waals surface area contributed by atoms with Gasteiger partial charge in [0, 0.05) is 15.6 Å². The maximum atomic E-state index is 12.1. The van der Waals surface area contributed by atoms with Crippen LogP contribution >= 0.6 is 23.4 Å². The Hall–Kier alpha value is -2.18. The minimum atomic E-state index is -0.539. The summed E-state index contributed by atoms with van der Waals surface area (Å²) in [6, 6.07) is 11.8. The molecule has 3 N–H and O–H groups in total. The molecule has 0 aliphatic heterocycles. The number of esters is 1. The number of carbonyl (C=O) groups excluding carboxylic acids is 2. The summed E-state index contributed by atoms with van der Waals surface area (Å²) < 4.78 is 4.69. The van der Waals surface area contributed by atoms with Gasteiger partial charge in [-0.2, -0.15) is 0 Å². The number of halogens is 1. The predicted molar refractivity (Wildman–Crippen MR) is 93.0 cm³/mol. The summed E-state index contributed by atoms with van der Waals surface area (Å²) in [4.78, 5) is 24.7. The van der Waals surface area contributed by atoms with E-state index in [0.29, 0.717) is 16.4 Å². The molecule has 0 aliphatic rings. The second-order valence-electron chi connectivity index (χ2n) is 4.59. The molecule has 0 heterocycles. The number of amides is 1. The number of ether oxygens (including phenoxy) is 1. The topological polar surface area (TPSA) is 81.4 Å². The van der Waals surface area contributed by atoms with Crippen molar-refractivity contribution >= 4 is 46.6 Å². The van der Waals surface area contributed by atoms with Crippen LogP contribution in [0.15, 0.2) is 47.4 Å². The van der Waals surface area contributed by atoms with Crippen molar-refractivity contribution in [2.24, 2.45) is 0 Å². The Labute approximate surface area is 143 Å². The van der Waals surface area contributed by atoms with Crippen molar-refractivity contribution in [3.8, 4) is 0 Å². The number of thioether (sulfide) groups is 1. The number of carbonyl (C=O) groups is 2. The first-order valence-corrected chi connectivity index (χ1v) is 8.02. The first-order valence-electron chi connectivity index (χ1n) is 6.65. The van der Waals surface area contributed by atoms with Crippen LogP contribution in [-0.2, 0) is 9.53 Å². The Bertz CT molecular complexity index is 720. The van der Waals surface area contributed by atoms with Crippen molar-refractivity contribution < 1.29 is 14.3 Å². The van der Waals surface area contributed by atoms with Gasteiger partial charge in [0.25, 0.3) is 0 Å². The molecule has 23 heavy (non-hydrogen) atoms. The zero-order chi connectivity index (χ0) is 16.8. The average molecular weight is 351 g/mol. The second kappa shape index (κ2) is 7.89. The van der Waals surface area contributed by atoms with E-state index in [1.54, 1.807) is 18.2 Å². The third-order valence-corrected chi connectivity index (χ3v) is 4.16. The Morgan fingerprint density at radius 2 is 1.91 bits per heavy atom. The average Bonchev–Trinajstić information content (AvgIpc) is 2.54. The number of hydrogen-bond acceptors (Lipinski definition) is 5. The van der Waals surface area contributed by atoms with Gasteiger partial charge in [0.2, 0.25) is 5.91 Å². The quantitative estimate of drug-likeness (QED) is 0.490. The van der Waals surface area contributed by atoms with Crippen LogP contribution in [0.3, 0.4) is 0 Å². The fourth-order valence-electron chi connectivity index (χ4n) is 1.81. The number of nitrogens with one attached hydrogen (secondary N) is 1. The normalized spacial score (nSPS) is 10.2. The third-order valence-electron chi connectivity index (χ3n) is 2.91. The van der Waals surface area contributed by atoms with Crippen molar-refractivity contribution in [3.63, 3.8) is 0 Å². The molecular formula is C16H15ClN2O3S. The molecule has 5 nitrogen and oxygen atoms in total. The molecule has 2 rings (SSSR count). The van der Waals surface area contributed by atoms with Gasteiger partial charge < -0.3 is 15.8 Å². The molecular weight excluding hydrogens is 336 g/mol. The maximum absolute atomic E-state index is 12.1. The molecule has 0 saturated carbocycles. The number of nitrogens with two attached hydrogens (primary N) is 1. The molecule has 0 aromatic heterocycles. The monoisotopic (exact) mass is 350 g/mol. The van der Waals surface area contributed by atoms with E-state index in [2.05, 4.69) is 10.1 Å². The van der Waals surface area contributed by atoms with Gasteiger partial charge in [-0.1, -0.05) is 11.6 Å². The number of anilines is 2. The van der Waals surface area contributed by atoms with Gasteiger partial charge in [0.1, 0.15) is 0 Å². The van der Waals surface area contributed by atoms with Crippen LogP contribution in [0.25, 0.3) is 0 Å². The molecule has 0 fully saturated rings. The van der Waals surface area contributed by atoms with Crippen molar-refractivity contribution in [2.75, 3.05) is 23.9 Å². The molecule has 0 unspecified atom stereocenters. The number of methoxy groups -OCH3 is 1. The van der Waals surface area contributed by atoms with Crippen LogP contribution < -0.4 is 11.1 Å². The van der Waals surface area contributed by atoms with Crippen molar-refractivity contribution in [2.45, 2.75) is 4.90 Å². The van der Waals surface area contributed by atoms with E-state index in [9.17, 15) is 9.59 Å². The van der Waals surface area contributed by atoms with Crippen LogP contribution in [0.2, 0.25) is 5.02 Å². The smallest absolute Gasteiger partial charge is 0.339 e. The lowest BCUT2D eigenvalue weighted by Crippen LogP contribution is -2.17. The highest BCUT2D eigenvalue weighted by Gasteiger charge is 2.14. The fourth-order valence-corrected chi connectivity index (χ4v) is 2.68. The lowest BCUT2D eigenvalue weighted by molar-refractivity contribution is -0.113. The lowest BCUT2D eigenvalue weighted by atomic mass is 10.2. The summed E-state index contributed by atoms with van der Waals surface area (Å²) in [5, 5.41) is 3.09. The van der Waals surface area contributed by atoms with Crippen LogP contribution in [0.5, 0.6) is 0 Å². The first-order chi connectivity index (χ1) is 11.0. The van der Waals surface area contributed by atoms with E-state index in [1.807, 2.05) is 12.1 Å². The van der Waals surface area contributed by atoms with E-state index < -0.39 is 5.97 Å². The van der Waals surface area contributed by atoms with Crippen LogP contribution in [0.1, 0.15) is 10.4 Å². The SMILES string of the molecule is COC(=O)c1ccc(Cl)cc1NC(=O)CSc1ccc(N)cc1. The van der Waals surface area contributed by atoms with Crippen LogP contribution in [0, 0.1) is 0 Å². The summed E-state index contributed by atoms with van der Waals surface area (Å²) in [6.45, 7) is 0. The van der Waals surface area contributed by atoms with Crippen molar-refractivity contribution in [1.82, 2.24) is 0 Å². The largest absolute Gasteiger partial charge is 0.465 e. The Balaban J connectivity index is 2.03. The molecule has 0 atom stereocenters. The van der Waals surface area contributed by atoms with Gasteiger partial charge in [-0.05, 0) is 42.5 Å². The predicted octanol–water partition coefficient (Wildman–Crippen LogP) is 3.44. The highest BCUT2D eigenvalue weighted by Crippen LogP contribution is 2.23. The minimum Gasteiger partial charge on any atom is -0.465 e. The number of rotatable bonds is 5. The van der Waals surface area contributed by atoms with Gasteiger partial charge in [-0.25, -0.2) is 4.79 Å². The first kappa shape index (κ1) is 17.2. The number of benzene rings is 2. The van der Waals surface area contributed by atoms with E-state index in [1.165, 1.54) is 31.0 Å². The standard InChI is InChI=1S/C16H15ClN2O3S/c1-22-16(21)13-7-2-10(17)8-14(13)19-15(20)9-23-12-5-3-11(18)4-6-12/h2-8H,9,18H2,1H3,(H,19,20). The molecule has 0 aliphatic carbocycles. The van der Waals surface area contributed by atoms with E-state index in [0.717, 1.165) is 4.90 Å². The summed E-state index contributed by atoms with van der Waals surface area (Å²) >= 11 is 7.28. The van der Waals surface area contributed by atoms with Gasteiger partial charge in [-0.3, -0.25) is 4.79 Å². The number of hydrogen-bond donors (Lipinski definition) is 2. The second-order valence-corrected chi connectivity index (χ2v) is 6.07. The summed E-state index contributed by atoms with van der Waals surface area (Å²) in [7, 11) is 1.28. The Morgan fingerprint density at radius 3 is 2.57 bits per heavy atom. The molecule has 0 spiro atoms. The Morgan fingerprint density at radius 1 is 1.22 bits per heavy atom. The third kappa shape index (κ3) is 4.91. The zero-order valence-electron chi connectivity index (χ0n) is 12.3. The Kier molecular flexibility index (Phi) is 5.90. The highest BCUT2D eigenvalue weighted by molar-refractivity contribution is 8.00. The highest BCUT2D eigenvalue weighted by atomic mass is 35.5. The number of nitrogen functional groups attached to an aromatic ring is 1. The molecule has 0 radical (unpaired) electrons. The van der Waals surface area contributed by atoms with Crippen molar-refractivity contribution in [3.05, 3.63) is 53.1 Å². The summed E-state index contributed by atoms with van der Waals surface area (Å²) in [5.74, 6) is -0.598. The van der Waals surface area contributed by atoms with E-state index in [-0.39, 0.29) is 17.2 Å². The van der Waals surface area contributed by atoms with Crippen molar-refractivity contribution in [1.29, 1.82) is 0 Å². The zero-order valence-corrected chi connectivity index (χ0v) is 13.9. The van der Waals surface area contributed by atoms with Crippen LogP contribution in [-0.4, -0.2) is 24.7 Å². The molecule has 7 heteroatoms. The molecule has 1 amide bonds. The van der Waals surface area contributed by atoms with Crippen LogP contribution in [0.4, 0.5) is 11.4 Å². The molecule has 0 bridgehead atoms. The van der Waals surface area contributed by atoms with E-state index >= 15 is 0 Å².